The standard InChI is InChI=1S/C16H37N5O/c1-14(2)21(15(3)4)11-9-19-16(17-5)18-8-10-20(6)12-13-22-7/h14-15H,8-13H2,1-7H3,(H2,17,18,19). The number of methoxy groups -OCH3 is 1. The highest BCUT2D eigenvalue weighted by Crippen LogP contribution is 2.03. The number of ether oxygens (including phenoxy) is 1. The summed E-state index contributed by atoms with van der Waals surface area (Å²) >= 11 is 0. The van der Waals surface area contributed by atoms with Gasteiger partial charge in [0.05, 0.1) is 6.61 Å². The molecule has 6 nitrogen and oxygen atoms in total. The van der Waals surface area contributed by atoms with Crippen LogP contribution < -0.4 is 10.6 Å². The molecule has 0 aromatic carbocycles. The zero-order valence-corrected chi connectivity index (χ0v) is 15.6. The van der Waals surface area contributed by atoms with E-state index in [1.807, 2.05) is 7.05 Å². The maximum atomic E-state index is 5.07. The second-order valence-electron chi connectivity index (χ2n) is 6.15. The fourth-order valence-corrected chi connectivity index (χ4v) is 2.36. The Morgan fingerprint density at radius 3 is 2.00 bits per heavy atom. The highest BCUT2D eigenvalue weighted by Gasteiger charge is 2.12. The van der Waals surface area contributed by atoms with Crippen molar-refractivity contribution < 1.29 is 4.74 Å². The van der Waals surface area contributed by atoms with Gasteiger partial charge in [0.25, 0.3) is 0 Å². The monoisotopic (exact) mass is 315 g/mol. The van der Waals surface area contributed by atoms with Gasteiger partial charge in [-0.2, -0.15) is 0 Å². The van der Waals surface area contributed by atoms with E-state index in [1.54, 1.807) is 7.11 Å². The molecule has 0 bridgehead atoms. The molecule has 0 aromatic rings. The van der Waals surface area contributed by atoms with E-state index in [1.165, 1.54) is 0 Å². The van der Waals surface area contributed by atoms with E-state index in [-0.39, 0.29) is 0 Å². The molecule has 0 aliphatic heterocycles. The van der Waals surface area contributed by atoms with E-state index in [4.69, 9.17) is 4.74 Å². The topological polar surface area (TPSA) is 52.1 Å². The Morgan fingerprint density at radius 1 is 1.00 bits per heavy atom. The van der Waals surface area contributed by atoms with Crippen molar-refractivity contribution in [3.63, 3.8) is 0 Å². The van der Waals surface area contributed by atoms with Gasteiger partial charge in [0.15, 0.2) is 5.96 Å². The minimum absolute atomic E-state index is 0.561. The molecule has 0 heterocycles. The zero-order chi connectivity index (χ0) is 17.0. The molecule has 0 radical (unpaired) electrons. The number of nitrogens with one attached hydrogen (secondary N) is 2. The summed E-state index contributed by atoms with van der Waals surface area (Å²) in [6.07, 6.45) is 0. The van der Waals surface area contributed by atoms with Crippen molar-refractivity contribution in [1.82, 2.24) is 20.4 Å². The van der Waals surface area contributed by atoms with Crippen LogP contribution in [0.2, 0.25) is 0 Å². The van der Waals surface area contributed by atoms with Crippen molar-refractivity contribution in [2.24, 2.45) is 4.99 Å². The summed E-state index contributed by atoms with van der Waals surface area (Å²) in [6, 6.07) is 1.12. The molecule has 6 heteroatoms. The first-order valence-corrected chi connectivity index (χ1v) is 8.30. The molecule has 0 amide bonds. The molecule has 0 spiro atoms. The molecule has 0 atom stereocenters. The second-order valence-corrected chi connectivity index (χ2v) is 6.15. The molecule has 0 aliphatic carbocycles. The number of rotatable bonds is 11. The van der Waals surface area contributed by atoms with E-state index >= 15 is 0 Å². The highest BCUT2D eigenvalue weighted by molar-refractivity contribution is 5.79. The minimum Gasteiger partial charge on any atom is -0.383 e. The lowest BCUT2D eigenvalue weighted by atomic mass is 10.2. The van der Waals surface area contributed by atoms with Crippen molar-refractivity contribution in [2.75, 3.05) is 60.5 Å². The SMILES string of the molecule is CN=C(NCCN(C)CCOC)NCCN(C(C)C)C(C)C. The maximum Gasteiger partial charge on any atom is 0.191 e. The lowest BCUT2D eigenvalue weighted by Crippen LogP contribution is -2.46. The van der Waals surface area contributed by atoms with Crippen LogP contribution in [0, 0.1) is 0 Å². The first kappa shape index (κ1) is 21.1. The Balaban J connectivity index is 3.93. The number of nitrogens with zero attached hydrogens (tertiary/aromatic N) is 3. The Morgan fingerprint density at radius 2 is 1.55 bits per heavy atom. The fourth-order valence-electron chi connectivity index (χ4n) is 2.36. The molecule has 0 fully saturated rings. The van der Waals surface area contributed by atoms with Gasteiger partial charge in [-0.3, -0.25) is 9.89 Å². The quantitative estimate of drug-likeness (QED) is 0.437. The van der Waals surface area contributed by atoms with Crippen LogP contribution in [-0.4, -0.2) is 88.4 Å². The van der Waals surface area contributed by atoms with E-state index in [2.05, 4.69) is 60.2 Å². The predicted octanol–water partition coefficient (Wildman–Crippen LogP) is 0.848. The van der Waals surface area contributed by atoms with Gasteiger partial charge in [0, 0.05) is 59.0 Å². The van der Waals surface area contributed by atoms with Crippen LogP contribution in [0.5, 0.6) is 0 Å². The van der Waals surface area contributed by atoms with Crippen molar-refractivity contribution >= 4 is 5.96 Å². The number of hydrogen-bond donors (Lipinski definition) is 2. The van der Waals surface area contributed by atoms with E-state index < -0.39 is 0 Å². The first-order valence-electron chi connectivity index (χ1n) is 8.30. The summed E-state index contributed by atoms with van der Waals surface area (Å²) in [5.41, 5.74) is 0. The van der Waals surface area contributed by atoms with E-state index in [0.29, 0.717) is 12.1 Å². The van der Waals surface area contributed by atoms with Gasteiger partial charge >= 0.3 is 0 Å². The van der Waals surface area contributed by atoms with Gasteiger partial charge in [-0.25, -0.2) is 0 Å². The number of hydrogen-bond acceptors (Lipinski definition) is 4. The van der Waals surface area contributed by atoms with Gasteiger partial charge in [-0.1, -0.05) is 0 Å². The lowest BCUT2D eigenvalue weighted by Gasteiger charge is -2.30. The van der Waals surface area contributed by atoms with Crippen molar-refractivity contribution in [3.8, 4) is 0 Å². The van der Waals surface area contributed by atoms with Crippen LogP contribution in [0.1, 0.15) is 27.7 Å². The largest absolute Gasteiger partial charge is 0.383 e. The molecule has 0 aliphatic rings. The van der Waals surface area contributed by atoms with Crippen LogP contribution in [-0.2, 0) is 4.74 Å². The molecular formula is C16H37N5O. The summed E-state index contributed by atoms with van der Waals surface area (Å²) in [5, 5.41) is 6.73. The molecular weight excluding hydrogens is 278 g/mol. The molecule has 132 valence electrons. The molecule has 0 saturated heterocycles. The summed E-state index contributed by atoms with van der Waals surface area (Å²) in [7, 11) is 5.64. The van der Waals surface area contributed by atoms with E-state index in [9.17, 15) is 0 Å². The number of likely N-dealkylation sites (N-methyl/N-ethyl adjacent to an activating group) is 1. The van der Waals surface area contributed by atoms with Crippen LogP contribution >= 0.6 is 0 Å². The average Bonchev–Trinajstić information content (AvgIpc) is 2.46. The number of guanidine groups is 1. The van der Waals surface area contributed by atoms with E-state index in [0.717, 1.165) is 45.3 Å². The van der Waals surface area contributed by atoms with Crippen molar-refractivity contribution in [3.05, 3.63) is 0 Å². The van der Waals surface area contributed by atoms with Crippen LogP contribution in [0.15, 0.2) is 4.99 Å². The maximum absolute atomic E-state index is 5.07. The average molecular weight is 316 g/mol. The third kappa shape index (κ3) is 9.97. The minimum atomic E-state index is 0.561. The second kappa shape index (κ2) is 12.7. The molecule has 0 aromatic heterocycles. The summed E-state index contributed by atoms with van der Waals surface area (Å²) < 4.78 is 5.07. The first-order chi connectivity index (χ1) is 10.4. The van der Waals surface area contributed by atoms with Crippen LogP contribution in [0.4, 0.5) is 0 Å². The third-order valence-corrected chi connectivity index (χ3v) is 3.68. The Kier molecular flexibility index (Phi) is 12.2. The zero-order valence-electron chi connectivity index (χ0n) is 15.6. The third-order valence-electron chi connectivity index (χ3n) is 3.68. The molecule has 0 saturated carbocycles. The van der Waals surface area contributed by atoms with Gasteiger partial charge < -0.3 is 20.3 Å². The Bertz CT molecular complexity index is 286. The van der Waals surface area contributed by atoms with Crippen LogP contribution in [0.25, 0.3) is 0 Å². The van der Waals surface area contributed by atoms with Gasteiger partial charge in [-0.05, 0) is 34.7 Å². The van der Waals surface area contributed by atoms with Crippen LogP contribution in [0.3, 0.4) is 0 Å². The Labute approximate surface area is 137 Å². The number of aliphatic imine (C=N–C) groups is 1. The molecule has 22 heavy (non-hydrogen) atoms. The molecule has 0 rings (SSSR count). The van der Waals surface area contributed by atoms with Crippen molar-refractivity contribution in [2.45, 2.75) is 39.8 Å². The lowest BCUT2D eigenvalue weighted by molar-refractivity contribution is 0.162. The van der Waals surface area contributed by atoms with Crippen molar-refractivity contribution in [1.29, 1.82) is 0 Å². The highest BCUT2D eigenvalue weighted by atomic mass is 16.5. The van der Waals surface area contributed by atoms with Gasteiger partial charge in [0.1, 0.15) is 0 Å². The summed E-state index contributed by atoms with van der Waals surface area (Å²) in [4.78, 5) is 8.98. The fraction of sp³-hybridized carbons (Fsp3) is 0.938. The molecule has 2 N–H and O–H groups in total. The summed E-state index contributed by atoms with van der Waals surface area (Å²) in [6.45, 7) is 14.4. The Hall–Kier alpha value is -0.850. The summed E-state index contributed by atoms with van der Waals surface area (Å²) in [5.74, 6) is 0.868. The smallest absolute Gasteiger partial charge is 0.191 e. The van der Waals surface area contributed by atoms with Gasteiger partial charge in [0.2, 0.25) is 0 Å². The molecule has 0 unspecified atom stereocenters. The normalized spacial score (nSPS) is 12.8. The van der Waals surface area contributed by atoms with Gasteiger partial charge in [-0.15, -0.1) is 0 Å². The predicted molar refractivity (Wildman–Crippen MR) is 95.7 cm³/mol.